The van der Waals surface area contributed by atoms with E-state index in [0.717, 1.165) is 18.2 Å². The summed E-state index contributed by atoms with van der Waals surface area (Å²) in [5.41, 5.74) is 0.276. The van der Waals surface area contributed by atoms with Crippen LogP contribution >= 0.6 is 23.4 Å². The van der Waals surface area contributed by atoms with Crippen LogP contribution in [0.5, 0.6) is 0 Å². The van der Waals surface area contributed by atoms with Crippen molar-refractivity contribution in [1.82, 2.24) is 9.97 Å². The second-order valence-corrected chi connectivity index (χ2v) is 7.21. The van der Waals surface area contributed by atoms with Gasteiger partial charge in [0.05, 0.1) is 5.75 Å². The van der Waals surface area contributed by atoms with Gasteiger partial charge >= 0.3 is 6.18 Å². The average Bonchev–Trinajstić information content (AvgIpc) is 2.58. The number of nitrogens with one attached hydrogen (secondary N) is 1. The molecule has 4 nitrogen and oxygen atoms in total. The number of hydrogen-bond acceptors (Lipinski definition) is 4. The summed E-state index contributed by atoms with van der Waals surface area (Å²) in [6.45, 7) is 0. The maximum absolute atomic E-state index is 13.3. The van der Waals surface area contributed by atoms with Crippen LogP contribution in [0.4, 0.5) is 18.9 Å². The highest BCUT2D eigenvalue weighted by Crippen LogP contribution is 2.35. The number of halogens is 4. The minimum Gasteiger partial charge on any atom is -0.325 e. The normalized spacial score (nSPS) is 14.0. The van der Waals surface area contributed by atoms with E-state index in [1.165, 1.54) is 0 Å². The number of anilines is 1. The first kappa shape index (κ1) is 19.0. The molecule has 26 heavy (non-hydrogen) atoms. The molecule has 0 spiro atoms. The van der Waals surface area contributed by atoms with E-state index in [1.807, 2.05) is 0 Å². The number of carbonyl (C=O) groups excluding carboxylic acids is 1. The van der Waals surface area contributed by atoms with Crippen molar-refractivity contribution in [1.29, 1.82) is 0 Å². The molecular formula is C17H15ClF3N3OS. The first-order chi connectivity index (χ1) is 12.3. The third-order valence-corrected chi connectivity index (χ3v) is 4.95. The van der Waals surface area contributed by atoms with E-state index in [0.29, 0.717) is 35.7 Å². The van der Waals surface area contributed by atoms with Gasteiger partial charge in [0.25, 0.3) is 0 Å². The van der Waals surface area contributed by atoms with E-state index in [4.69, 9.17) is 11.6 Å². The van der Waals surface area contributed by atoms with Crippen LogP contribution in [0.15, 0.2) is 29.4 Å². The van der Waals surface area contributed by atoms with Crippen molar-refractivity contribution in [3.63, 3.8) is 0 Å². The number of nitrogens with zero attached hydrogens (tertiary/aromatic N) is 2. The Kier molecular flexibility index (Phi) is 5.72. The highest BCUT2D eigenvalue weighted by Gasteiger charge is 2.38. The van der Waals surface area contributed by atoms with Crippen molar-refractivity contribution in [2.75, 3.05) is 11.1 Å². The fraction of sp³-hybridized carbons (Fsp3) is 0.353. The number of aromatic nitrogens is 2. The third-order valence-electron chi connectivity index (χ3n) is 3.87. The van der Waals surface area contributed by atoms with Gasteiger partial charge in [0, 0.05) is 22.0 Å². The summed E-state index contributed by atoms with van der Waals surface area (Å²) in [5, 5.41) is 3.08. The number of amides is 1. The lowest BCUT2D eigenvalue weighted by Crippen LogP contribution is -2.20. The van der Waals surface area contributed by atoms with E-state index < -0.39 is 11.9 Å². The Hall–Kier alpha value is -1.80. The lowest BCUT2D eigenvalue weighted by Gasteiger charge is -2.20. The Labute approximate surface area is 157 Å². The molecule has 0 radical (unpaired) electrons. The molecule has 1 amide bonds. The summed E-state index contributed by atoms with van der Waals surface area (Å²) >= 11 is 6.73. The lowest BCUT2D eigenvalue weighted by atomic mass is 9.94. The molecule has 0 atom stereocenters. The molecule has 0 saturated heterocycles. The average molecular weight is 402 g/mol. The van der Waals surface area contributed by atoms with Crippen LogP contribution in [0, 0.1) is 0 Å². The van der Waals surface area contributed by atoms with Gasteiger partial charge in [0.2, 0.25) is 5.91 Å². The molecule has 1 aromatic heterocycles. The van der Waals surface area contributed by atoms with Gasteiger partial charge in [-0.3, -0.25) is 4.79 Å². The Morgan fingerprint density at radius 3 is 2.73 bits per heavy atom. The Morgan fingerprint density at radius 2 is 2.00 bits per heavy atom. The number of alkyl halides is 3. The molecule has 1 heterocycles. The lowest BCUT2D eigenvalue weighted by molar-refractivity contribution is -0.142. The maximum atomic E-state index is 13.3. The van der Waals surface area contributed by atoms with Crippen LogP contribution < -0.4 is 5.32 Å². The number of hydrogen-bond donors (Lipinski definition) is 1. The molecule has 1 N–H and O–H groups in total. The number of rotatable bonds is 4. The van der Waals surface area contributed by atoms with Gasteiger partial charge in [-0.15, -0.1) is 0 Å². The quantitative estimate of drug-likeness (QED) is 0.593. The van der Waals surface area contributed by atoms with Crippen LogP contribution in [0.25, 0.3) is 0 Å². The van der Waals surface area contributed by atoms with Gasteiger partial charge in [-0.05, 0) is 43.9 Å². The van der Waals surface area contributed by atoms with Gasteiger partial charge < -0.3 is 5.32 Å². The van der Waals surface area contributed by atoms with Crippen LogP contribution in [0.2, 0.25) is 5.02 Å². The smallest absolute Gasteiger partial charge is 0.325 e. The van der Waals surface area contributed by atoms with Crippen molar-refractivity contribution >= 4 is 35.0 Å². The molecule has 138 valence electrons. The molecule has 0 fully saturated rings. The van der Waals surface area contributed by atoms with Gasteiger partial charge in [0.1, 0.15) is 0 Å². The first-order valence-corrected chi connectivity index (χ1v) is 9.34. The second kappa shape index (κ2) is 7.84. The number of fused-ring (bicyclic) bond motifs is 1. The van der Waals surface area contributed by atoms with Crippen molar-refractivity contribution in [3.8, 4) is 0 Å². The van der Waals surface area contributed by atoms with Crippen LogP contribution in [-0.2, 0) is 23.8 Å². The molecule has 1 aliphatic carbocycles. The second-order valence-electron chi connectivity index (χ2n) is 5.83. The Bertz CT molecular complexity index is 829. The van der Waals surface area contributed by atoms with Crippen molar-refractivity contribution < 1.29 is 18.0 Å². The molecule has 9 heteroatoms. The summed E-state index contributed by atoms with van der Waals surface area (Å²) in [7, 11) is 0. The fourth-order valence-corrected chi connectivity index (χ4v) is 3.62. The van der Waals surface area contributed by atoms with Gasteiger partial charge in [-0.2, -0.15) is 13.2 Å². The fourth-order valence-electron chi connectivity index (χ4n) is 2.76. The van der Waals surface area contributed by atoms with E-state index in [-0.39, 0.29) is 22.4 Å². The molecule has 1 aliphatic rings. The summed E-state index contributed by atoms with van der Waals surface area (Å²) in [6, 6.07) is 6.62. The number of aryl methyl sites for hydroxylation is 1. The predicted octanol–water partition coefficient (Wildman–Crippen LogP) is 4.76. The zero-order chi connectivity index (χ0) is 18.7. The van der Waals surface area contributed by atoms with E-state index in [9.17, 15) is 18.0 Å². The highest BCUT2D eigenvalue weighted by atomic mass is 35.5. The van der Waals surface area contributed by atoms with Gasteiger partial charge in [-0.25, -0.2) is 9.97 Å². The number of thioether (sulfide) groups is 1. The zero-order valence-corrected chi connectivity index (χ0v) is 15.1. The van der Waals surface area contributed by atoms with E-state index in [1.54, 1.807) is 24.3 Å². The zero-order valence-electron chi connectivity index (χ0n) is 13.6. The van der Waals surface area contributed by atoms with Gasteiger partial charge in [0.15, 0.2) is 10.9 Å². The first-order valence-electron chi connectivity index (χ1n) is 7.98. The van der Waals surface area contributed by atoms with E-state index >= 15 is 0 Å². The Morgan fingerprint density at radius 1 is 1.23 bits per heavy atom. The maximum Gasteiger partial charge on any atom is 0.433 e. The van der Waals surface area contributed by atoms with Crippen molar-refractivity contribution in [2.24, 2.45) is 0 Å². The number of benzene rings is 1. The van der Waals surface area contributed by atoms with Crippen LogP contribution in [-0.4, -0.2) is 21.6 Å². The predicted molar refractivity (Wildman–Crippen MR) is 94.5 cm³/mol. The Balaban J connectivity index is 1.72. The van der Waals surface area contributed by atoms with E-state index in [2.05, 4.69) is 15.3 Å². The molecular weight excluding hydrogens is 387 g/mol. The molecule has 0 bridgehead atoms. The van der Waals surface area contributed by atoms with Crippen molar-refractivity contribution in [2.45, 2.75) is 37.0 Å². The largest absolute Gasteiger partial charge is 0.433 e. The highest BCUT2D eigenvalue weighted by molar-refractivity contribution is 7.99. The molecule has 3 rings (SSSR count). The molecule has 2 aromatic rings. The summed E-state index contributed by atoms with van der Waals surface area (Å²) in [6.07, 6.45) is -2.18. The molecule has 0 aliphatic heterocycles. The third kappa shape index (κ3) is 4.67. The van der Waals surface area contributed by atoms with Crippen molar-refractivity contribution in [3.05, 3.63) is 46.2 Å². The number of carbonyl (C=O) groups is 1. The topological polar surface area (TPSA) is 54.9 Å². The molecule has 0 unspecified atom stereocenters. The molecule has 1 aromatic carbocycles. The standard InChI is InChI=1S/C17H15ClF3N3OS/c18-10-4-3-5-11(8-10)22-14(25)9-26-16-23-13-7-2-1-6-12(13)15(24-16)17(19,20)21/h3-5,8H,1-2,6-7,9H2,(H,22,25). The molecule has 0 saturated carbocycles. The van der Waals surface area contributed by atoms with Crippen LogP contribution in [0.1, 0.15) is 29.8 Å². The monoisotopic (exact) mass is 401 g/mol. The SMILES string of the molecule is O=C(CSc1nc2c(c(C(F)(F)F)n1)CCCC2)Nc1cccc(Cl)c1. The van der Waals surface area contributed by atoms with Gasteiger partial charge in [-0.1, -0.05) is 29.4 Å². The minimum absolute atomic E-state index is 0.0285. The minimum atomic E-state index is -4.53. The summed E-state index contributed by atoms with van der Waals surface area (Å²) in [4.78, 5) is 19.9. The summed E-state index contributed by atoms with van der Waals surface area (Å²) in [5.74, 6) is -0.463. The van der Waals surface area contributed by atoms with Crippen LogP contribution in [0.3, 0.4) is 0 Å². The summed E-state index contributed by atoms with van der Waals surface area (Å²) < 4.78 is 39.9.